The molecule has 1 aliphatic heterocycles. The molecule has 0 spiro atoms. The lowest BCUT2D eigenvalue weighted by Crippen LogP contribution is -2.42. The molecule has 0 radical (unpaired) electrons. The Bertz CT molecular complexity index is 7600. The van der Waals surface area contributed by atoms with E-state index in [0.29, 0.717) is 51.7 Å². The molecule has 29 heteroatoms. The number of hydrogen-bond acceptors (Lipinski definition) is 11. The smallest absolute Gasteiger partial charge is 0.242 e. The van der Waals surface area contributed by atoms with Gasteiger partial charge in [0.05, 0.1) is 55.1 Å². The molecule has 15 aromatic carbocycles. The van der Waals surface area contributed by atoms with Crippen LogP contribution in [0, 0.1) is 5.92 Å². The topological polar surface area (TPSA) is 211 Å². The van der Waals surface area contributed by atoms with E-state index >= 15 is 0 Å². The Morgan fingerprint density at radius 1 is 0.361 bits per heavy atom. The molecule has 756 valence electrons. The van der Waals surface area contributed by atoms with Crippen molar-refractivity contribution in [1.29, 1.82) is 0 Å². The average molecular weight is 2870 g/mol. The van der Waals surface area contributed by atoms with Gasteiger partial charge in [-0.15, -0.1) is 0 Å². The molecular weight excluding hydrogens is 2770 g/mol. The van der Waals surface area contributed by atoms with Crippen LogP contribution in [-0.2, 0) is 55.4 Å². The molecule has 0 bridgehead atoms. The third kappa shape index (κ3) is 22.6. The first-order chi connectivity index (χ1) is 70.1. The number of hydrogen-bond donors (Lipinski definition) is 7. The van der Waals surface area contributed by atoms with Crippen LogP contribution < -0.4 is 4.74 Å². The number of carbonyl (C=O) groups excluding carboxylic acids is 2. The molecule has 1 unspecified atom stereocenters. The molecule has 17 aromatic rings. The van der Waals surface area contributed by atoms with Gasteiger partial charge in [-0.3, -0.25) is 9.59 Å². The second kappa shape index (κ2) is 46.4. The van der Waals surface area contributed by atoms with Crippen molar-refractivity contribution in [2.75, 3.05) is 54.1 Å². The molecule has 5 aliphatic carbocycles. The molecule has 1 fully saturated rings. The Morgan fingerprint density at radius 3 is 0.918 bits per heavy atom. The summed E-state index contributed by atoms with van der Waals surface area (Å²) in [6.45, 7) is 11.3. The average Bonchev–Trinajstić information content (AvgIpc) is 1.55. The van der Waals surface area contributed by atoms with Crippen molar-refractivity contribution in [3.8, 4) is 61.4 Å². The summed E-state index contributed by atoms with van der Waals surface area (Å²) in [5, 5.41) is 80.3. The lowest BCUT2D eigenvalue weighted by atomic mass is 9.84. The summed E-state index contributed by atoms with van der Waals surface area (Å²) in [5.74, 6) is 1.35. The van der Waals surface area contributed by atoms with Crippen LogP contribution in [0.15, 0.2) is 342 Å². The third-order valence-corrected chi connectivity index (χ3v) is 34.6. The van der Waals surface area contributed by atoms with Crippen LogP contribution in [0.5, 0.6) is 5.75 Å². The van der Waals surface area contributed by atoms with Crippen molar-refractivity contribution < 1.29 is 54.8 Å². The number of rotatable bonds is 14. The molecule has 1 saturated heterocycles. The van der Waals surface area contributed by atoms with E-state index in [1.165, 1.54) is 0 Å². The Labute approximate surface area is 972 Å². The molecule has 7 N–H and O–H groups in total. The number of amides is 2. The van der Waals surface area contributed by atoms with E-state index in [2.05, 4.69) is 338 Å². The second-order valence-corrected chi connectivity index (χ2v) is 50.4. The Morgan fingerprint density at radius 2 is 0.633 bits per heavy atom. The molecule has 15 nitrogen and oxygen atoms in total. The molecule has 3 heterocycles. The predicted molar refractivity (Wildman–Crippen MR) is 642 cm³/mol. The summed E-state index contributed by atoms with van der Waals surface area (Å²) in [6, 6.07) is 92.9. The van der Waals surface area contributed by atoms with E-state index in [0.717, 1.165) is 248 Å². The van der Waals surface area contributed by atoms with E-state index in [1.807, 2.05) is 206 Å². The largest absolute Gasteiger partial charge is 0.497 e. The van der Waals surface area contributed by atoms with Crippen molar-refractivity contribution in [2.24, 2.45) is 5.92 Å². The molecule has 6 aliphatic rings. The Kier molecular flexibility index (Phi) is 35.1. The van der Waals surface area contributed by atoms with Gasteiger partial charge in [0.2, 0.25) is 11.8 Å². The highest BCUT2D eigenvalue weighted by Gasteiger charge is 2.48. The van der Waals surface area contributed by atoms with Crippen LogP contribution >= 0.6 is 223 Å². The standard InChI is InChI=1S/C20H14Br2O2.C18H16Br2N2O2.C17H16Br2O.C16H14Br2N2O.C16H14Br2O3.C16H14Br2O.C15H12Br2O/c1-24-15-4-2-3-12(9-15)20(23)18-10-13(21)5-7-16(18)17-8-6-14(22)11-19(17)20;19-12-1-3-14-15-4-2-13(20)10-17(15)22(16(14)9-12)11-18(23)21-5-7-24-8-6-21;1-10(2)9-17(20)15-7-11(18)3-5-13(15)14-6-4-12(19)8-16(14)17;1-19(2)16(21)9-20-14-7-10(17)3-5-12(14)13-6-4-11(18)8-15(13)20;17-9-1-3-12-13-4-2-10(18)6-15(13)16(21,14(12)5-9)7-11(20)8-19;1-2-7-16(19)14-8-10(17)3-5-12(14)13-6-4-11(18)9-15(13)16;1-2-15(18)13-7-9(16)3-5-11(13)12-6-4-10(17)8-14(12)15/h2-11,23H,1H3;1-4,9-10H,5-8,11H2;3-8,10,20H,9H2,1-2H3;3-8H,9H2,1-2H3;1-6,11,19-21H,7-8H2;3-6,8-9,19H,2,7H2,1H3;3-8,18H,2H2,1H3. The first kappa shape index (κ1) is 111. The van der Waals surface area contributed by atoms with Crippen LogP contribution in [0.2, 0.25) is 0 Å². The number of ether oxygens (including phenoxy) is 2. The highest BCUT2D eigenvalue weighted by Crippen LogP contribution is 2.58. The minimum absolute atomic E-state index is 0.0520. The first-order valence-corrected chi connectivity index (χ1v) is 58.6. The van der Waals surface area contributed by atoms with Gasteiger partial charge in [-0.05, 0) is 313 Å². The van der Waals surface area contributed by atoms with Gasteiger partial charge in [-0.2, -0.15) is 0 Å². The highest BCUT2D eigenvalue weighted by atomic mass is 79.9. The number of aliphatic hydroxyl groups excluding tert-OH is 2. The zero-order chi connectivity index (χ0) is 105. The molecule has 1 atom stereocenters. The predicted octanol–water partition coefficient (Wildman–Crippen LogP) is 32.8. The van der Waals surface area contributed by atoms with E-state index in [1.54, 1.807) is 26.1 Å². The van der Waals surface area contributed by atoms with Crippen molar-refractivity contribution in [1.82, 2.24) is 18.9 Å². The van der Waals surface area contributed by atoms with Crippen LogP contribution in [0.4, 0.5) is 0 Å². The lowest BCUT2D eigenvalue weighted by molar-refractivity contribution is -0.135. The maximum Gasteiger partial charge on any atom is 0.242 e. The summed E-state index contributed by atoms with van der Waals surface area (Å²) in [5.41, 5.74) is 20.0. The number of morpholine rings is 1. The number of carbonyl (C=O) groups is 2. The molecule has 23 rings (SSSR count). The highest BCUT2D eigenvalue weighted by molar-refractivity contribution is 9.12. The van der Waals surface area contributed by atoms with Crippen LogP contribution in [-0.4, -0.2) is 127 Å². The zero-order valence-electron chi connectivity index (χ0n) is 80.5. The van der Waals surface area contributed by atoms with Gasteiger partial charge in [-0.1, -0.05) is 354 Å². The van der Waals surface area contributed by atoms with Crippen molar-refractivity contribution in [2.45, 2.75) is 107 Å². The first-order valence-electron chi connectivity index (χ1n) is 47.5. The third-order valence-electron chi connectivity index (χ3n) is 27.7. The van der Waals surface area contributed by atoms with E-state index in [-0.39, 0.29) is 24.8 Å². The maximum atomic E-state index is 12.7. The van der Waals surface area contributed by atoms with Gasteiger partial charge in [0.25, 0.3) is 0 Å². The number of methoxy groups -OCH3 is 1. The molecule has 0 saturated carbocycles. The summed E-state index contributed by atoms with van der Waals surface area (Å²) >= 11 is 49.1. The number of nitrogens with zero attached hydrogens (tertiary/aromatic N) is 4. The molecular formula is C118H100Br14N4O11. The number of halogens is 14. The monoisotopic (exact) mass is 2850 g/mol. The number of benzene rings is 15. The van der Waals surface area contributed by atoms with E-state index in [4.69, 9.17) is 14.6 Å². The zero-order valence-corrected chi connectivity index (χ0v) is 103. The second-order valence-electron chi connectivity index (χ2n) is 37.6. The lowest BCUT2D eigenvalue weighted by Gasteiger charge is -2.28. The minimum atomic E-state index is -1.31. The SMILES string of the molecule is CC(C)CC1(O)c2cc(Br)ccc2-c2ccc(Br)cc21.CCC1(O)c2cc(Br)ccc2-c2ccc(Br)cc21.CCCC1(O)c2cc(Br)ccc2-c2ccc(Br)cc21.CN(C)C(=O)Cn1c2cc(Br)ccc2c2ccc(Br)cc21.COc1cccc(C2(O)c3cc(Br)ccc3-c3ccc(Br)cc32)c1.O=C(Cn1c2cc(Br)ccc2c2ccc(Br)cc21)N1CCOCC1.OCC(O)CC1(O)c2cc(Br)ccc2-c2ccc(Br)cc21. The molecule has 147 heavy (non-hydrogen) atoms. The fourth-order valence-electron chi connectivity index (χ4n) is 20.9. The van der Waals surface area contributed by atoms with Gasteiger partial charge in [0.15, 0.2) is 0 Å². The van der Waals surface area contributed by atoms with Gasteiger partial charge in [-0.25, -0.2) is 0 Å². The fraction of sp³-hybridized carbons (Fsp3) is 0.220. The van der Waals surface area contributed by atoms with Crippen LogP contribution in [0.1, 0.15) is 121 Å². The Balaban J connectivity index is 0.000000117. The summed E-state index contributed by atoms with van der Waals surface area (Å²) in [4.78, 5) is 28.4. The maximum absolute atomic E-state index is 12.7. The summed E-state index contributed by atoms with van der Waals surface area (Å²) in [6.07, 6.45) is 2.14. The van der Waals surface area contributed by atoms with Crippen molar-refractivity contribution >= 4 is 278 Å². The van der Waals surface area contributed by atoms with Gasteiger partial charge in [0.1, 0.15) is 46.8 Å². The van der Waals surface area contributed by atoms with E-state index in [9.17, 15) is 40.2 Å². The van der Waals surface area contributed by atoms with Gasteiger partial charge in [0, 0.05) is 129 Å². The minimum Gasteiger partial charge on any atom is -0.497 e. The molecule has 2 aromatic heterocycles. The van der Waals surface area contributed by atoms with Gasteiger partial charge < -0.3 is 64.2 Å². The Hall–Kier alpha value is -6.96. The number of likely N-dealkylation sites (N-methyl/N-ethyl adjacent to an activating group) is 1. The number of fused-ring (bicyclic) bond motifs is 21. The number of aliphatic hydroxyl groups is 7. The van der Waals surface area contributed by atoms with Crippen LogP contribution in [0.3, 0.4) is 0 Å². The van der Waals surface area contributed by atoms with Crippen molar-refractivity contribution in [3.05, 3.63) is 403 Å². The normalized spacial score (nSPS) is 14.7. The number of aromatic nitrogens is 2. The van der Waals surface area contributed by atoms with Crippen LogP contribution in [0.25, 0.3) is 99.2 Å². The quantitative estimate of drug-likeness (QED) is 0.0544. The van der Waals surface area contributed by atoms with E-state index < -0.39 is 34.1 Å². The summed E-state index contributed by atoms with van der Waals surface area (Å²) < 4.78 is 28.6. The van der Waals surface area contributed by atoms with Crippen molar-refractivity contribution in [3.63, 3.8) is 0 Å². The van der Waals surface area contributed by atoms with Gasteiger partial charge >= 0.3 is 0 Å². The molecule has 2 amide bonds. The summed E-state index contributed by atoms with van der Waals surface area (Å²) in [7, 11) is 5.19. The fourth-order valence-corrected chi connectivity index (χ4v) is 25.9.